The third-order valence-corrected chi connectivity index (χ3v) is 3.43. The fourth-order valence-electron chi connectivity index (χ4n) is 2.33. The summed E-state index contributed by atoms with van der Waals surface area (Å²) in [7, 11) is 1.94. The second-order valence-electron chi connectivity index (χ2n) is 4.84. The molecule has 1 N–H and O–H groups in total. The fraction of sp³-hybridized carbons (Fsp3) is 0.438. The molecule has 0 atom stereocenters. The second kappa shape index (κ2) is 7.22. The van der Waals surface area contributed by atoms with E-state index in [1.807, 2.05) is 7.05 Å². The molecule has 0 unspecified atom stereocenters. The first-order chi connectivity index (χ1) is 10.2. The average Bonchev–Trinajstić information content (AvgIpc) is 2.52. The number of nitrogens with zero attached hydrogens (tertiary/aromatic N) is 3. The highest BCUT2D eigenvalue weighted by molar-refractivity contribution is 5.50. The topological polar surface area (TPSA) is 50.7 Å². The Bertz CT molecular complexity index is 571. The first kappa shape index (κ1) is 15.5. The van der Waals surface area contributed by atoms with E-state index in [0.717, 1.165) is 37.2 Å². The van der Waals surface area contributed by atoms with Crippen molar-refractivity contribution in [3.63, 3.8) is 0 Å². The summed E-state index contributed by atoms with van der Waals surface area (Å²) in [4.78, 5) is 13.3. The third kappa shape index (κ3) is 3.61. The Morgan fingerprint density at radius 2 is 1.76 bits per heavy atom. The Labute approximate surface area is 124 Å². The lowest BCUT2D eigenvalue weighted by atomic mass is 10.0. The van der Waals surface area contributed by atoms with Crippen molar-refractivity contribution in [3.05, 3.63) is 41.1 Å². The number of hydrogen-bond acceptors (Lipinski definition) is 4. The van der Waals surface area contributed by atoms with Crippen LogP contribution in [0.3, 0.4) is 0 Å². The molecule has 2 heterocycles. The minimum absolute atomic E-state index is 0.351. The lowest BCUT2D eigenvalue weighted by Gasteiger charge is -2.13. The molecule has 0 spiro atoms. The first-order valence-electron chi connectivity index (χ1n) is 7.34. The summed E-state index contributed by atoms with van der Waals surface area (Å²) in [6, 6.07) is 3.01. The Balaban J connectivity index is 2.46. The molecule has 0 radical (unpaired) electrons. The van der Waals surface area contributed by atoms with Crippen molar-refractivity contribution in [2.75, 3.05) is 13.6 Å². The molecule has 2 aromatic rings. The number of hydrogen-bond donors (Lipinski definition) is 1. The molecule has 0 aliphatic rings. The number of aryl methyl sites for hydroxylation is 2. The molecule has 0 aromatic carbocycles. The summed E-state index contributed by atoms with van der Waals surface area (Å²) in [5, 5.41) is 3.16. The second-order valence-corrected chi connectivity index (χ2v) is 4.84. The summed E-state index contributed by atoms with van der Waals surface area (Å²) in [6.07, 6.45) is 3.82. The molecule has 2 aromatic heterocycles. The number of nitrogens with one attached hydrogen (secondary N) is 1. The van der Waals surface area contributed by atoms with Crippen LogP contribution in [0, 0.1) is 5.82 Å². The summed E-state index contributed by atoms with van der Waals surface area (Å²) in [5.74, 6) is 0.229. The monoisotopic (exact) mass is 288 g/mol. The number of likely N-dealkylation sites (N-methyl/N-ethyl adjacent to an activating group) is 1. The fourth-order valence-corrected chi connectivity index (χ4v) is 2.33. The zero-order valence-electron chi connectivity index (χ0n) is 12.8. The van der Waals surface area contributed by atoms with Crippen LogP contribution >= 0.6 is 0 Å². The molecule has 4 nitrogen and oxygen atoms in total. The van der Waals surface area contributed by atoms with Gasteiger partial charge in [0.15, 0.2) is 5.82 Å². The molecule has 0 saturated heterocycles. The average molecular weight is 288 g/mol. The van der Waals surface area contributed by atoms with E-state index in [0.29, 0.717) is 11.5 Å². The maximum atomic E-state index is 13.0. The molecule has 0 fully saturated rings. The molecule has 112 valence electrons. The van der Waals surface area contributed by atoms with Gasteiger partial charge in [-0.25, -0.2) is 19.3 Å². The third-order valence-electron chi connectivity index (χ3n) is 3.43. The van der Waals surface area contributed by atoms with Gasteiger partial charge in [-0.15, -0.1) is 0 Å². The summed E-state index contributed by atoms with van der Waals surface area (Å²) in [5.41, 5.74) is 3.94. The molecule has 0 amide bonds. The van der Waals surface area contributed by atoms with E-state index in [1.54, 1.807) is 6.07 Å². The minimum atomic E-state index is -0.351. The maximum Gasteiger partial charge on any atom is 0.178 e. The van der Waals surface area contributed by atoms with Gasteiger partial charge in [-0.1, -0.05) is 13.8 Å². The van der Waals surface area contributed by atoms with Crippen molar-refractivity contribution in [1.29, 1.82) is 0 Å². The molecule has 21 heavy (non-hydrogen) atoms. The van der Waals surface area contributed by atoms with Gasteiger partial charge < -0.3 is 5.32 Å². The van der Waals surface area contributed by atoms with Crippen molar-refractivity contribution >= 4 is 0 Å². The van der Waals surface area contributed by atoms with Crippen LogP contribution in [0.5, 0.6) is 0 Å². The largest absolute Gasteiger partial charge is 0.319 e. The lowest BCUT2D eigenvalue weighted by molar-refractivity contribution is 0.621. The van der Waals surface area contributed by atoms with Crippen LogP contribution in [-0.4, -0.2) is 28.5 Å². The molecular formula is C16H21FN4. The summed E-state index contributed by atoms with van der Waals surface area (Å²) < 4.78 is 13.0. The molecule has 0 saturated carbocycles. The van der Waals surface area contributed by atoms with E-state index in [1.165, 1.54) is 17.8 Å². The van der Waals surface area contributed by atoms with Crippen molar-refractivity contribution < 1.29 is 4.39 Å². The van der Waals surface area contributed by atoms with Gasteiger partial charge in [-0.05, 0) is 50.6 Å². The van der Waals surface area contributed by atoms with Crippen LogP contribution in [0.1, 0.15) is 30.8 Å². The molecule has 0 aliphatic carbocycles. The van der Waals surface area contributed by atoms with Gasteiger partial charge in [0.25, 0.3) is 0 Å². The number of rotatable bonds is 6. The van der Waals surface area contributed by atoms with Crippen molar-refractivity contribution in [2.24, 2.45) is 0 Å². The van der Waals surface area contributed by atoms with Gasteiger partial charge in [0.1, 0.15) is 11.5 Å². The predicted octanol–water partition coefficient (Wildman–Crippen LogP) is 2.56. The van der Waals surface area contributed by atoms with Crippen molar-refractivity contribution in [1.82, 2.24) is 20.3 Å². The Morgan fingerprint density at radius 3 is 2.24 bits per heavy atom. The van der Waals surface area contributed by atoms with Crippen LogP contribution < -0.4 is 5.32 Å². The van der Waals surface area contributed by atoms with Gasteiger partial charge in [-0.2, -0.15) is 0 Å². The number of halogens is 1. The Hall–Kier alpha value is -1.88. The van der Waals surface area contributed by atoms with Crippen LogP contribution in [0.25, 0.3) is 11.5 Å². The molecule has 0 aliphatic heterocycles. The molecule has 0 bridgehead atoms. The highest BCUT2D eigenvalue weighted by atomic mass is 19.1. The van der Waals surface area contributed by atoms with Crippen LogP contribution in [-0.2, 0) is 19.3 Å². The maximum absolute atomic E-state index is 13.0. The Morgan fingerprint density at radius 1 is 1.10 bits per heavy atom. The van der Waals surface area contributed by atoms with Crippen molar-refractivity contribution in [3.8, 4) is 11.5 Å². The van der Waals surface area contributed by atoms with E-state index in [4.69, 9.17) is 0 Å². The smallest absolute Gasteiger partial charge is 0.178 e. The first-order valence-corrected chi connectivity index (χ1v) is 7.34. The minimum Gasteiger partial charge on any atom is -0.319 e. The van der Waals surface area contributed by atoms with Crippen LogP contribution in [0.15, 0.2) is 18.3 Å². The van der Waals surface area contributed by atoms with Gasteiger partial charge in [0, 0.05) is 11.4 Å². The Kier molecular flexibility index (Phi) is 5.33. The van der Waals surface area contributed by atoms with Gasteiger partial charge in [0.2, 0.25) is 0 Å². The number of aromatic nitrogens is 3. The normalized spacial score (nSPS) is 10.9. The van der Waals surface area contributed by atoms with Gasteiger partial charge >= 0.3 is 0 Å². The van der Waals surface area contributed by atoms with Crippen molar-refractivity contribution in [2.45, 2.75) is 33.1 Å². The lowest BCUT2D eigenvalue weighted by Crippen LogP contribution is -2.15. The summed E-state index contributed by atoms with van der Waals surface area (Å²) >= 11 is 0. The van der Waals surface area contributed by atoms with Crippen LogP contribution in [0.2, 0.25) is 0 Å². The van der Waals surface area contributed by atoms with E-state index < -0.39 is 0 Å². The zero-order chi connectivity index (χ0) is 15.2. The van der Waals surface area contributed by atoms with E-state index >= 15 is 0 Å². The quantitative estimate of drug-likeness (QED) is 0.887. The zero-order valence-corrected chi connectivity index (χ0v) is 12.8. The molecule has 5 heteroatoms. The summed E-state index contributed by atoms with van der Waals surface area (Å²) in [6.45, 7) is 5.08. The van der Waals surface area contributed by atoms with E-state index in [2.05, 4.69) is 34.1 Å². The highest BCUT2D eigenvalue weighted by Crippen LogP contribution is 2.19. The molecular weight excluding hydrogens is 267 g/mol. The predicted molar refractivity (Wildman–Crippen MR) is 81.6 cm³/mol. The number of pyridine rings is 1. The van der Waals surface area contributed by atoms with Crippen LogP contribution in [0.4, 0.5) is 4.39 Å². The van der Waals surface area contributed by atoms with Gasteiger partial charge in [-0.3, -0.25) is 0 Å². The highest BCUT2D eigenvalue weighted by Gasteiger charge is 2.13. The van der Waals surface area contributed by atoms with E-state index in [-0.39, 0.29) is 5.82 Å². The standard InChI is InChI=1S/C16H21FN4/c1-4-13-12(8-9-18-3)14(5-2)21-16(20-13)15-7-6-11(17)10-19-15/h6-7,10,18H,4-5,8-9H2,1-3H3. The van der Waals surface area contributed by atoms with E-state index in [9.17, 15) is 4.39 Å². The molecule has 2 rings (SSSR count). The van der Waals surface area contributed by atoms with Gasteiger partial charge in [0.05, 0.1) is 6.20 Å². The SMILES string of the molecule is CCc1nc(-c2ccc(F)cn2)nc(CC)c1CCNC.